The van der Waals surface area contributed by atoms with E-state index >= 15 is 0 Å². The van der Waals surface area contributed by atoms with Crippen LogP contribution in [-0.4, -0.2) is 18.0 Å². The van der Waals surface area contributed by atoms with Gasteiger partial charge in [-0.2, -0.15) is 0 Å². The second kappa shape index (κ2) is 9.72. The Hall–Kier alpha value is -3.55. The second-order valence-electron chi connectivity index (χ2n) is 7.56. The van der Waals surface area contributed by atoms with Gasteiger partial charge in [0.25, 0.3) is 12.3 Å². The van der Waals surface area contributed by atoms with E-state index in [2.05, 4.69) is 15.6 Å². The van der Waals surface area contributed by atoms with Crippen molar-refractivity contribution in [2.24, 2.45) is 0 Å². The second-order valence-corrected chi connectivity index (χ2v) is 7.56. The number of pyridine rings is 1. The Balaban J connectivity index is 1.99. The first-order valence-electron chi connectivity index (χ1n) is 10.0. The number of nitrogens with zero attached hydrogens (tertiary/aromatic N) is 1. The summed E-state index contributed by atoms with van der Waals surface area (Å²) < 4.78 is 45.5. The monoisotopic (exact) mass is 443 g/mol. The molecule has 0 aliphatic rings. The molecule has 1 aromatic heterocycles. The number of alkyl halides is 2. The summed E-state index contributed by atoms with van der Waals surface area (Å²) >= 11 is 0. The lowest BCUT2D eigenvalue weighted by Gasteiger charge is -2.18. The van der Waals surface area contributed by atoms with Crippen LogP contribution >= 0.6 is 0 Å². The van der Waals surface area contributed by atoms with E-state index in [0.717, 1.165) is 0 Å². The van der Waals surface area contributed by atoms with E-state index in [1.165, 1.54) is 43.5 Å². The highest BCUT2D eigenvalue weighted by atomic mass is 19.3. The zero-order chi connectivity index (χ0) is 23.4. The van der Waals surface area contributed by atoms with Crippen LogP contribution in [0.15, 0.2) is 48.5 Å². The molecular weight excluding hydrogens is 419 g/mol. The first kappa shape index (κ1) is 23.1. The van der Waals surface area contributed by atoms with Crippen molar-refractivity contribution in [1.29, 1.82) is 0 Å². The predicted molar refractivity (Wildman–Crippen MR) is 119 cm³/mol. The van der Waals surface area contributed by atoms with E-state index in [1.54, 1.807) is 19.1 Å². The lowest BCUT2D eigenvalue weighted by atomic mass is 10.00. The standard InChI is InChI=1S/C24H24F3N3O2/c1-13(2)18-12-16(25)6-8-20(18)29-21-11-15(23(26)27)5-7-17(21)24(31)30-19-9-10-22(32-4)28-14(19)3/h5-13,23,29H,1-4H3,(H,30,31). The van der Waals surface area contributed by atoms with Gasteiger partial charge in [-0.15, -0.1) is 0 Å². The van der Waals surface area contributed by atoms with Crippen molar-refractivity contribution in [2.75, 3.05) is 17.7 Å². The van der Waals surface area contributed by atoms with Crippen molar-refractivity contribution >= 4 is 23.0 Å². The zero-order valence-electron chi connectivity index (χ0n) is 18.2. The van der Waals surface area contributed by atoms with Gasteiger partial charge in [0.15, 0.2) is 0 Å². The number of methoxy groups -OCH3 is 1. The van der Waals surface area contributed by atoms with Crippen LogP contribution in [0.5, 0.6) is 5.88 Å². The van der Waals surface area contributed by atoms with Crippen molar-refractivity contribution in [2.45, 2.75) is 33.1 Å². The maximum absolute atomic E-state index is 13.8. The summed E-state index contributed by atoms with van der Waals surface area (Å²) in [5, 5.41) is 5.80. The molecule has 3 aromatic rings. The quantitative estimate of drug-likeness (QED) is 0.432. The van der Waals surface area contributed by atoms with Gasteiger partial charge in [-0.05, 0) is 54.8 Å². The number of amides is 1. The number of ether oxygens (including phenoxy) is 1. The van der Waals surface area contributed by atoms with E-state index in [9.17, 15) is 18.0 Å². The van der Waals surface area contributed by atoms with Gasteiger partial charge >= 0.3 is 0 Å². The molecule has 2 aromatic carbocycles. The van der Waals surface area contributed by atoms with Crippen molar-refractivity contribution in [3.05, 3.63) is 76.7 Å². The predicted octanol–water partition coefficient (Wildman–Crippen LogP) is 6.59. The molecule has 0 aliphatic heterocycles. The van der Waals surface area contributed by atoms with Crippen LogP contribution in [0.25, 0.3) is 0 Å². The molecular formula is C24H24F3N3O2. The number of anilines is 3. The molecule has 2 N–H and O–H groups in total. The minimum Gasteiger partial charge on any atom is -0.481 e. The molecule has 168 valence electrons. The summed E-state index contributed by atoms with van der Waals surface area (Å²) in [5.41, 5.74) is 2.30. The van der Waals surface area contributed by atoms with Crippen LogP contribution in [0.3, 0.4) is 0 Å². The number of carbonyl (C=O) groups excluding carboxylic acids is 1. The summed E-state index contributed by atoms with van der Waals surface area (Å²) in [6, 6.07) is 11.2. The SMILES string of the molecule is COc1ccc(NC(=O)c2ccc(C(F)F)cc2Nc2ccc(F)cc2C(C)C)c(C)n1. The summed E-state index contributed by atoms with van der Waals surface area (Å²) in [4.78, 5) is 17.2. The summed E-state index contributed by atoms with van der Waals surface area (Å²) in [6.07, 6.45) is -2.71. The Morgan fingerprint density at radius 3 is 2.34 bits per heavy atom. The van der Waals surface area contributed by atoms with Crippen molar-refractivity contribution in [3.8, 4) is 5.88 Å². The van der Waals surface area contributed by atoms with E-state index in [0.29, 0.717) is 28.5 Å². The summed E-state index contributed by atoms with van der Waals surface area (Å²) in [6.45, 7) is 5.50. The van der Waals surface area contributed by atoms with Gasteiger partial charge in [-0.1, -0.05) is 19.9 Å². The first-order chi connectivity index (χ1) is 15.2. The largest absolute Gasteiger partial charge is 0.481 e. The average Bonchev–Trinajstić information content (AvgIpc) is 2.76. The summed E-state index contributed by atoms with van der Waals surface area (Å²) in [7, 11) is 1.49. The van der Waals surface area contributed by atoms with Crippen LogP contribution in [-0.2, 0) is 0 Å². The van der Waals surface area contributed by atoms with E-state index in [-0.39, 0.29) is 22.7 Å². The van der Waals surface area contributed by atoms with Crippen molar-refractivity contribution in [1.82, 2.24) is 4.98 Å². The number of aryl methyl sites for hydroxylation is 1. The molecule has 3 rings (SSSR count). The number of carbonyl (C=O) groups is 1. The Morgan fingerprint density at radius 2 is 1.72 bits per heavy atom. The lowest BCUT2D eigenvalue weighted by molar-refractivity contribution is 0.102. The first-order valence-corrected chi connectivity index (χ1v) is 10.0. The van der Waals surface area contributed by atoms with E-state index in [1.807, 2.05) is 13.8 Å². The number of hydrogen-bond acceptors (Lipinski definition) is 4. The minimum absolute atomic E-state index is 0.0308. The Bertz CT molecular complexity index is 1130. The Kier molecular flexibility index (Phi) is 7.02. The van der Waals surface area contributed by atoms with Gasteiger partial charge in [0.2, 0.25) is 5.88 Å². The molecule has 0 spiro atoms. The molecule has 8 heteroatoms. The lowest BCUT2D eigenvalue weighted by Crippen LogP contribution is -2.15. The third-order valence-corrected chi connectivity index (χ3v) is 4.96. The fourth-order valence-corrected chi connectivity index (χ4v) is 3.24. The molecule has 32 heavy (non-hydrogen) atoms. The number of halogens is 3. The highest BCUT2D eigenvalue weighted by molar-refractivity contribution is 6.08. The molecule has 0 aliphatic carbocycles. The average molecular weight is 443 g/mol. The van der Waals surface area contributed by atoms with Crippen molar-refractivity contribution < 1.29 is 22.7 Å². The molecule has 0 radical (unpaired) electrons. The molecule has 0 fully saturated rings. The molecule has 5 nitrogen and oxygen atoms in total. The third-order valence-electron chi connectivity index (χ3n) is 4.96. The van der Waals surface area contributed by atoms with Gasteiger partial charge in [-0.25, -0.2) is 18.2 Å². The smallest absolute Gasteiger partial charge is 0.263 e. The topological polar surface area (TPSA) is 63.2 Å². The van der Waals surface area contributed by atoms with E-state index in [4.69, 9.17) is 4.74 Å². The fraction of sp³-hybridized carbons (Fsp3) is 0.250. The maximum Gasteiger partial charge on any atom is 0.263 e. The number of benzene rings is 2. The maximum atomic E-state index is 13.8. The highest BCUT2D eigenvalue weighted by Gasteiger charge is 2.18. The third kappa shape index (κ3) is 5.19. The zero-order valence-corrected chi connectivity index (χ0v) is 18.2. The molecule has 0 unspecified atom stereocenters. The van der Waals surface area contributed by atoms with Gasteiger partial charge in [0.05, 0.1) is 29.7 Å². The number of rotatable bonds is 7. The van der Waals surface area contributed by atoms with Crippen LogP contribution in [0.1, 0.15) is 53.4 Å². The normalized spacial score (nSPS) is 11.0. The van der Waals surface area contributed by atoms with Crippen LogP contribution in [0.2, 0.25) is 0 Å². The van der Waals surface area contributed by atoms with Crippen LogP contribution in [0.4, 0.5) is 30.2 Å². The molecule has 1 amide bonds. The molecule has 0 saturated heterocycles. The van der Waals surface area contributed by atoms with Gasteiger partial charge in [0.1, 0.15) is 5.82 Å². The van der Waals surface area contributed by atoms with Crippen LogP contribution in [0, 0.1) is 12.7 Å². The van der Waals surface area contributed by atoms with E-state index < -0.39 is 18.1 Å². The number of nitrogens with one attached hydrogen (secondary N) is 2. The van der Waals surface area contributed by atoms with Crippen LogP contribution < -0.4 is 15.4 Å². The fourth-order valence-electron chi connectivity index (χ4n) is 3.24. The van der Waals surface area contributed by atoms with Gasteiger partial charge < -0.3 is 15.4 Å². The Labute approximate surface area is 184 Å². The van der Waals surface area contributed by atoms with Gasteiger partial charge in [-0.3, -0.25) is 4.79 Å². The molecule has 1 heterocycles. The van der Waals surface area contributed by atoms with Gasteiger partial charge in [0, 0.05) is 17.3 Å². The molecule has 0 atom stereocenters. The van der Waals surface area contributed by atoms with Crippen molar-refractivity contribution in [3.63, 3.8) is 0 Å². The highest BCUT2D eigenvalue weighted by Crippen LogP contribution is 2.32. The molecule has 0 bridgehead atoms. The number of hydrogen-bond donors (Lipinski definition) is 2. The minimum atomic E-state index is -2.71. The molecule has 0 saturated carbocycles. The Morgan fingerprint density at radius 1 is 1.00 bits per heavy atom. The summed E-state index contributed by atoms with van der Waals surface area (Å²) in [5.74, 6) is -0.531. The number of aromatic nitrogens is 1.